The van der Waals surface area contributed by atoms with Gasteiger partial charge in [0.15, 0.2) is 5.16 Å². The molecule has 1 rings (SSSR count). The van der Waals surface area contributed by atoms with Crippen molar-refractivity contribution >= 4 is 17.7 Å². The number of aryl methyl sites for hydroxylation is 1. The molecule has 0 aliphatic heterocycles. The molecule has 0 spiro atoms. The Labute approximate surface area is 91.9 Å². The van der Waals surface area contributed by atoms with Gasteiger partial charge in [-0.3, -0.25) is 4.79 Å². The van der Waals surface area contributed by atoms with E-state index in [1.165, 1.54) is 18.9 Å². The lowest BCUT2D eigenvalue weighted by atomic mass is 10.1. The van der Waals surface area contributed by atoms with Crippen LogP contribution in [-0.4, -0.2) is 34.4 Å². The van der Waals surface area contributed by atoms with E-state index in [2.05, 4.69) is 9.97 Å². The smallest absolute Gasteiger partial charge is 0.308 e. The molecule has 0 aliphatic carbocycles. The number of nitrogens with zero attached hydrogens (tertiary/aromatic N) is 2. The highest BCUT2D eigenvalue weighted by molar-refractivity contribution is 7.98. The first-order valence-electron chi connectivity index (χ1n) is 4.25. The number of rotatable bonds is 4. The first-order valence-corrected chi connectivity index (χ1v) is 5.48. The minimum Gasteiger partial charge on any atom is -0.481 e. The second kappa shape index (κ2) is 4.97. The number of carboxylic acids is 1. The Hall–Kier alpha value is -1.30. The molecule has 0 aliphatic rings. The topological polar surface area (TPSA) is 72.3 Å². The number of aromatic nitrogens is 2. The SMILES string of the molecule is COc1nc(SC)nc(C)c1CC(=O)O. The molecular formula is C9H12N2O3S. The molecule has 1 N–H and O–H groups in total. The summed E-state index contributed by atoms with van der Waals surface area (Å²) in [5.41, 5.74) is 1.18. The lowest BCUT2D eigenvalue weighted by molar-refractivity contribution is -0.136. The van der Waals surface area contributed by atoms with Gasteiger partial charge < -0.3 is 9.84 Å². The lowest BCUT2D eigenvalue weighted by Gasteiger charge is -2.09. The predicted octanol–water partition coefficient (Wildman–Crippen LogP) is 1.14. The maximum absolute atomic E-state index is 10.6. The molecule has 0 saturated carbocycles. The van der Waals surface area contributed by atoms with Crippen LogP contribution in [0.4, 0.5) is 0 Å². The van der Waals surface area contributed by atoms with Gasteiger partial charge in [0.1, 0.15) is 0 Å². The third-order valence-electron chi connectivity index (χ3n) is 1.86. The Balaban J connectivity index is 3.18. The summed E-state index contributed by atoms with van der Waals surface area (Å²) < 4.78 is 5.04. The van der Waals surface area contributed by atoms with Crippen molar-refractivity contribution in [3.63, 3.8) is 0 Å². The van der Waals surface area contributed by atoms with Crippen molar-refractivity contribution < 1.29 is 14.6 Å². The van der Waals surface area contributed by atoms with Gasteiger partial charge in [-0.1, -0.05) is 11.8 Å². The van der Waals surface area contributed by atoms with E-state index in [0.29, 0.717) is 22.3 Å². The molecule has 6 heteroatoms. The summed E-state index contributed by atoms with van der Waals surface area (Å²) in [6, 6.07) is 0. The maximum atomic E-state index is 10.6. The molecule has 0 fully saturated rings. The Bertz CT molecular complexity index is 382. The number of methoxy groups -OCH3 is 1. The van der Waals surface area contributed by atoms with Gasteiger partial charge in [0.25, 0.3) is 0 Å². The molecule has 5 nitrogen and oxygen atoms in total. The minimum absolute atomic E-state index is 0.121. The largest absolute Gasteiger partial charge is 0.481 e. The fraction of sp³-hybridized carbons (Fsp3) is 0.444. The summed E-state index contributed by atoms with van der Waals surface area (Å²) in [5, 5.41) is 9.30. The summed E-state index contributed by atoms with van der Waals surface area (Å²) in [7, 11) is 1.47. The van der Waals surface area contributed by atoms with E-state index in [4.69, 9.17) is 9.84 Å². The molecule has 1 aromatic heterocycles. The van der Waals surface area contributed by atoms with Crippen molar-refractivity contribution in [2.75, 3.05) is 13.4 Å². The molecule has 0 unspecified atom stereocenters. The Kier molecular flexibility index (Phi) is 3.90. The van der Waals surface area contributed by atoms with Gasteiger partial charge in [-0.25, -0.2) is 4.98 Å². The van der Waals surface area contributed by atoms with E-state index in [1.54, 1.807) is 6.92 Å². The van der Waals surface area contributed by atoms with Crippen molar-refractivity contribution in [1.29, 1.82) is 0 Å². The number of aliphatic carboxylic acids is 1. The van der Waals surface area contributed by atoms with E-state index in [0.717, 1.165) is 0 Å². The quantitative estimate of drug-likeness (QED) is 0.615. The van der Waals surface area contributed by atoms with E-state index < -0.39 is 5.97 Å². The van der Waals surface area contributed by atoms with Crippen LogP contribution < -0.4 is 4.74 Å². The van der Waals surface area contributed by atoms with Gasteiger partial charge in [-0.15, -0.1) is 0 Å². The van der Waals surface area contributed by atoms with Crippen molar-refractivity contribution in [3.05, 3.63) is 11.3 Å². The predicted molar refractivity (Wildman–Crippen MR) is 56.4 cm³/mol. The molecule has 0 bridgehead atoms. The fourth-order valence-corrected chi connectivity index (χ4v) is 1.56. The van der Waals surface area contributed by atoms with E-state index >= 15 is 0 Å². The normalized spacial score (nSPS) is 10.1. The Morgan fingerprint density at radius 2 is 2.20 bits per heavy atom. The van der Waals surface area contributed by atoms with Gasteiger partial charge in [0, 0.05) is 11.3 Å². The van der Waals surface area contributed by atoms with Crippen LogP contribution in [0, 0.1) is 6.92 Å². The highest BCUT2D eigenvalue weighted by Crippen LogP contribution is 2.22. The summed E-state index contributed by atoms with van der Waals surface area (Å²) >= 11 is 1.39. The van der Waals surface area contributed by atoms with Crippen molar-refractivity contribution in [3.8, 4) is 5.88 Å². The summed E-state index contributed by atoms with van der Waals surface area (Å²) in [5.74, 6) is -0.578. The number of hydrogen-bond donors (Lipinski definition) is 1. The van der Waals surface area contributed by atoms with Gasteiger partial charge in [-0.2, -0.15) is 4.98 Å². The third kappa shape index (κ3) is 2.82. The fourth-order valence-electron chi connectivity index (χ4n) is 1.16. The third-order valence-corrected chi connectivity index (χ3v) is 2.41. The molecule has 0 aromatic carbocycles. The van der Waals surface area contributed by atoms with Crippen LogP contribution >= 0.6 is 11.8 Å². The zero-order valence-electron chi connectivity index (χ0n) is 8.77. The zero-order valence-corrected chi connectivity index (χ0v) is 9.59. The van der Waals surface area contributed by atoms with Crippen LogP contribution in [-0.2, 0) is 11.2 Å². The van der Waals surface area contributed by atoms with Crippen LogP contribution in [0.1, 0.15) is 11.3 Å². The lowest BCUT2D eigenvalue weighted by Crippen LogP contribution is -2.08. The highest BCUT2D eigenvalue weighted by Gasteiger charge is 2.14. The minimum atomic E-state index is -0.920. The molecule has 0 saturated heterocycles. The highest BCUT2D eigenvalue weighted by atomic mass is 32.2. The van der Waals surface area contributed by atoms with Gasteiger partial charge in [0.05, 0.1) is 13.5 Å². The Morgan fingerprint density at radius 3 is 2.67 bits per heavy atom. The second-order valence-corrected chi connectivity index (χ2v) is 3.63. The van der Waals surface area contributed by atoms with Crippen LogP contribution in [0.2, 0.25) is 0 Å². The summed E-state index contributed by atoms with van der Waals surface area (Å²) in [4.78, 5) is 18.9. The van der Waals surface area contributed by atoms with E-state index in [9.17, 15) is 4.79 Å². The van der Waals surface area contributed by atoms with Crippen molar-refractivity contribution in [2.45, 2.75) is 18.5 Å². The molecule has 1 heterocycles. The van der Waals surface area contributed by atoms with Crippen LogP contribution in [0.3, 0.4) is 0 Å². The monoisotopic (exact) mass is 228 g/mol. The molecule has 82 valence electrons. The average Bonchev–Trinajstić information content (AvgIpc) is 2.20. The number of thioether (sulfide) groups is 1. The number of hydrogen-bond acceptors (Lipinski definition) is 5. The maximum Gasteiger partial charge on any atom is 0.308 e. The summed E-state index contributed by atoms with van der Waals surface area (Å²) in [6.07, 6.45) is 1.73. The number of carbonyl (C=O) groups is 1. The molecule has 1 aromatic rings. The van der Waals surface area contributed by atoms with E-state index in [-0.39, 0.29) is 6.42 Å². The first-order chi connectivity index (χ1) is 7.08. The van der Waals surface area contributed by atoms with Crippen LogP contribution in [0.15, 0.2) is 5.16 Å². The van der Waals surface area contributed by atoms with Gasteiger partial charge in [0.2, 0.25) is 5.88 Å². The average molecular weight is 228 g/mol. The summed E-state index contributed by atoms with van der Waals surface area (Å²) in [6.45, 7) is 1.75. The van der Waals surface area contributed by atoms with Crippen molar-refractivity contribution in [1.82, 2.24) is 9.97 Å². The molecule has 15 heavy (non-hydrogen) atoms. The van der Waals surface area contributed by atoms with Crippen LogP contribution in [0.5, 0.6) is 5.88 Å². The first kappa shape index (κ1) is 11.8. The Morgan fingerprint density at radius 1 is 1.53 bits per heavy atom. The number of carboxylic acid groups (broad SMARTS) is 1. The standard InChI is InChI=1S/C9H12N2O3S/c1-5-6(4-7(12)13)8(14-2)11-9(10-5)15-3/h4H2,1-3H3,(H,12,13). The van der Waals surface area contributed by atoms with Crippen LogP contribution in [0.25, 0.3) is 0 Å². The molecule has 0 radical (unpaired) electrons. The zero-order chi connectivity index (χ0) is 11.4. The number of ether oxygens (including phenoxy) is 1. The molecule has 0 amide bonds. The second-order valence-electron chi connectivity index (χ2n) is 2.85. The van der Waals surface area contributed by atoms with Crippen molar-refractivity contribution in [2.24, 2.45) is 0 Å². The molecule has 0 atom stereocenters. The van der Waals surface area contributed by atoms with E-state index in [1.807, 2.05) is 6.26 Å². The van der Waals surface area contributed by atoms with Gasteiger partial charge in [-0.05, 0) is 13.2 Å². The molecular weight excluding hydrogens is 216 g/mol. The van der Waals surface area contributed by atoms with Gasteiger partial charge >= 0.3 is 5.97 Å².